The number of ether oxygens (including phenoxy) is 1. The summed E-state index contributed by atoms with van der Waals surface area (Å²) < 4.78 is 6.64. The van der Waals surface area contributed by atoms with Crippen molar-refractivity contribution in [3.05, 3.63) is 98.6 Å². The Hall–Kier alpha value is -4.35. The first-order valence-electron chi connectivity index (χ1n) is 15.1. The maximum atomic E-state index is 13.4. The van der Waals surface area contributed by atoms with Crippen molar-refractivity contribution >= 4 is 11.6 Å². The highest BCUT2D eigenvalue weighted by Crippen LogP contribution is 2.65. The minimum atomic E-state index is -0.512. The molecule has 1 N–H and O–H groups in total. The van der Waals surface area contributed by atoms with Crippen molar-refractivity contribution < 1.29 is 19.6 Å². The number of nitro benzene ring substituents is 1. The van der Waals surface area contributed by atoms with Crippen LogP contribution < -0.4 is 4.74 Å². The Balaban J connectivity index is 1.25. The minimum Gasteiger partial charge on any atom is -0.504 e. The van der Waals surface area contributed by atoms with Gasteiger partial charge in [0.05, 0.1) is 17.0 Å². The fraction of sp³-hybridized carbons (Fsp3) is 0.400. The van der Waals surface area contributed by atoms with Gasteiger partial charge in [0, 0.05) is 47.7 Å². The summed E-state index contributed by atoms with van der Waals surface area (Å²) in [5.41, 5.74) is 4.08. The molecule has 2 fully saturated rings. The molecule has 0 radical (unpaired) electrons. The van der Waals surface area contributed by atoms with E-state index in [-0.39, 0.29) is 40.3 Å². The zero-order valence-corrected chi connectivity index (χ0v) is 24.5. The molecule has 43 heavy (non-hydrogen) atoms. The molecule has 7 rings (SSSR count). The molecule has 1 saturated carbocycles. The van der Waals surface area contributed by atoms with Crippen molar-refractivity contribution in [1.29, 1.82) is 0 Å². The third kappa shape index (κ3) is 4.37. The van der Waals surface area contributed by atoms with E-state index in [9.17, 15) is 20.0 Å². The molecule has 0 unspecified atom stereocenters. The summed E-state index contributed by atoms with van der Waals surface area (Å²) >= 11 is 0. The Morgan fingerprint density at radius 2 is 2.00 bits per heavy atom. The summed E-state index contributed by atoms with van der Waals surface area (Å²) in [6, 6.07) is 19.3. The van der Waals surface area contributed by atoms with Crippen LogP contribution in [0.3, 0.4) is 0 Å². The number of hydrogen-bond acceptors (Lipinski definition) is 6. The number of likely N-dealkylation sites (tertiary alicyclic amines) is 1. The summed E-state index contributed by atoms with van der Waals surface area (Å²) in [6.07, 6.45) is 3.40. The monoisotopic (exact) mass is 577 g/mol. The van der Waals surface area contributed by atoms with Crippen LogP contribution in [0.1, 0.15) is 47.1 Å². The second kappa shape index (κ2) is 10.4. The van der Waals surface area contributed by atoms with Crippen LogP contribution in [0.2, 0.25) is 0 Å². The lowest BCUT2D eigenvalue weighted by Crippen LogP contribution is -2.69. The van der Waals surface area contributed by atoms with Gasteiger partial charge in [-0.2, -0.15) is 0 Å². The van der Waals surface area contributed by atoms with Crippen LogP contribution in [0.4, 0.5) is 5.69 Å². The van der Waals surface area contributed by atoms with Crippen LogP contribution >= 0.6 is 0 Å². The zero-order chi connectivity index (χ0) is 29.9. The highest BCUT2D eigenvalue weighted by molar-refractivity contribution is 5.94. The van der Waals surface area contributed by atoms with E-state index in [1.54, 1.807) is 11.9 Å². The van der Waals surface area contributed by atoms with Crippen molar-refractivity contribution in [2.75, 3.05) is 20.1 Å². The largest absolute Gasteiger partial charge is 0.504 e. The van der Waals surface area contributed by atoms with Crippen LogP contribution in [-0.2, 0) is 23.1 Å². The average Bonchev–Trinajstić information content (AvgIpc) is 3.35. The predicted molar refractivity (Wildman–Crippen MR) is 162 cm³/mol. The maximum absolute atomic E-state index is 13.4. The Labute approximate surface area is 251 Å². The molecule has 2 heterocycles. The van der Waals surface area contributed by atoms with Gasteiger partial charge in [0.1, 0.15) is 6.10 Å². The van der Waals surface area contributed by atoms with Crippen molar-refractivity contribution in [2.24, 2.45) is 5.92 Å². The maximum Gasteiger partial charge on any atom is 0.298 e. The summed E-state index contributed by atoms with van der Waals surface area (Å²) in [7, 11) is 1.78. The SMILES string of the molecule is Cc1cccc(C#CC(=O)N(C)[C@@H]2CC[C@H]3[C@H]4Cc5c([N+](=O)[O-])cc(O)c6c5[C@@]3(CCN4CCc3ccccc3)[C@H]2O6)c1. The molecule has 5 atom stereocenters. The van der Waals surface area contributed by atoms with E-state index < -0.39 is 11.5 Å². The number of likely N-dealkylation sites (N-methyl/N-ethyl adjacent to an activating group) is 1. The molecule has 1 spiro atoms. The second-order valence-electron chi connectivity index (χ2n) is 12.5. The number of amides is 1. The van der Waals surface area contributed by atoms with E-state index in [1.807, 2.05) is 37.3 Å². The molecule has 3 aromatic carbocycles. The first-order valence-corrected chi connectivity index (χ1v) is 15.1. The first-order chi connectivity index (χ1) is 20.8. The Morgan fingerprint density at radius 1 is 1.19 bits per heavy atom. The topological polar surface area (TPSA) is 96.2 Å². The van der Waals surface area contributed by atoms with E-state index in [0.29, 0.717) is 17.7 Å². The fourth-order valence-corrected chi connectivity index (χ4v) is 8.51. The van der Waals surface area contributed by atoms with Crippen molar-refractivity contribution in [2.45, 2.75) is 62.6 Å². The van der Waals surface area contributed by atoms with Gasteiger partial charge in [-0.3, -0.25) is 19.8 Å². The lowest BCUT2D eigenvalue weighted by atomic mass is 9.50. The minimum absolute atomic E-state index is 0.0381. The number of rotatable bonds is 5. The lowest BCUT2D eigenvalue weighted by molar-refractivity contribution is -0.385. The van der Waals surface area contributed by atoms with Gasteiger partial charge in [-0.1, -0.05) is 48.4 Å². The van der Waals surface area contributed by atoms with Crippen molar-refractivity contribution in [3.63, 3.8) is 0 Å². The van der Waals surface area contributed by atoms with E-state index in [0.717, 1.165) is 55.5 Å². The van der Waals surface area contributed by atoms with E-state index >= 15 is 0 Å². The molecular formula is C35H35N3O5. The third-order valence-corrected chi connectivity index (χ3v) is 10.4. The molecule has 8 nitrogen and oxygen atoms in total. The van der Waals surface area contributed by atoms with Gasteiger partial charge >= 0.3 is 0 Å². The number of carbonyl (C=O) groups excluding carboxylic acids is 1. The lowest BCUT2D eigenvalue weighted by Gasteiger charge is -2.60. The van der Waals surface area contributed by atoms with Crippen LogP contribution in [0.25, 0.3) is 0 Å². The number of phenols is 1. The normalized spacial score (nSPS) is 26.5. The summed E-state index contributed by atoms with van der Waals surface area (Å²) in [5, 5.41) is 23.3. The zero-order valence-electron chi connectivity index (χ0n) is 24.5. The number of hydrogen-bond donors (Lipinski definition) is 1. The number of benzene rings is 3. The molecule has 4 aliphatic rings. The summed E-state index contributed by atoms with van der Waals surface area (Å²) in [6.45, 7) is 3.69. The van der Waals surface area contributed by atoms with Gasteiger partial charge < -0.3 is 14.7 Å². The molecule has 0 aromatic heterocycles. The van der Waals surface area contributed by atoms with Gasteiger partial charge in [0.25, 0.3) is 11.6 Å². The standard InChI is InChI=1S/C35H35N3O5/c1-22-7-6-10-24(19-22)11-14-31(40)36(2)27-13-12-26-29-20-25-28(38(41)42)21-30(39)33-32(25)35(26,34(27)43-33)16-18-37(29)17-15-23-8-4-3-5-9-23/h3-10,19,21,26-27,29,34,39H,12-13,15-18,20H2,1-2H3/t26-,27+,29+,34-,35-/m0/s1. The number of nitro groups is 1. The van der Waals surface area contributed by atoms with Gasteiger partial charge in [0.2, 0.25) is 0 Å². The van der Waals surface area contributed by atoms with Gasteiger partial charge in [-0.25, -0.2) is 0 Å². The van der Waals surface area contributed by atoms with E-state index in [4.69, 9.17) is 4.74 Å². The molecule has 1 saturated heterocycles. The first kappa shape index (κ1) is 27.5. The number of phenolic OH excluding ortho intramolecular Hbond substituents is 1. The molecule has 2 aliphatic heterocycles. The molecule has 8 heteroatoms. The number of carbonyl (C=O) groups is 1. The van der Waals surface area contributed by atoms with Gasteiger partial charge in [-0.05, 0) is 74.8 Å². The molecule has 1 amide bonds. The van der Waals surface area contributed by atoms with Gasteiger partial charge in [-0.15, -0.1) is 0 Å². The van der Waals surface area contributed by atoms with Crippen LogP contribution in [0.15, 0.2) is 60.7 Å². The fourth-order valence-electron chi connectivity index (χ4n) is 8.51. The Kier molecular flexibility index (Phi) is 6.66. The number of nitrogens with zero attached hydrogens (tertiary/aromatic N) is 3. The van der Waals surface area contributed by atoms with Crippen LogP contribution in [0, 0.1) is 34.8 Å². The molecule has 2 bridgehead atoms. The molecule has 2 aliphatic carbocycles. The van der Waals surface area contributed by atoms with Crippen LogP contribution in [0.5, 0.6) is 11.5 Å². The summed E-state index contributed by atoms with van der Waals surface area (Å²) in [4.78, 5) is 29.5. The summed E-state index contributed by atoms with van der Waals surface area (Å²) in [5.74, 6) is 5.93. The number of piperidine rings is 1. The van der Waals surface area contributed by atoms with E-state index in [2.05, 4.69) is 41.0 Å². The number of aryl methyl sites for hydroxylation is 1. The van der Waals surface area contributed by atoms with E-state index in [1.165, 1.54) is 11.6 Å². The predicted octanol–water partition coefficient (Wildman–Crippen LogP) is 4.77. The van der Waals surface area contributed by atoms with Crippen molar-refractivity contribution in [3.8, 4) is 23.3 Å². The third-order valence-electron chi connectivity index (χ3n) is 10.4. The quantitative estimate of drug-likeness (QED) is 0.267. The van der Waals surface area contributed by atoms with Crippen LogP contribution in [-0.4, -0.2) is 64.1 Å². The molecule has 220 valence electrons. The Morgan fingerprint density at radius 3 is 2.77 bits per heavy atom. The second-order valence-corrected chi connectivity index (χ2v) is 12.5. The highest BCUT2D eigenvalue weighted by Gasteiger charge is 2.67. The molecular weight excluding hydrogens is 542 g/mol. The highest BCUT2D eigenvalue weighted by atomic mass is 16.6. The Bertz CT molecular complexity index is 1680. The average molecular weight is 578 g/mol. The van der Waals surface area contributed by atoms with Gasteiger partial charge in [0.15, 0.2) is 11.5 Å². The number of aromatic hydroxyl groups is 1. The smallest absolute Gasteiger partial charge is 0.298 e. The van der Waals surface area contributed by atoms with Crippen molar-refractivity contribution in [1.82, 2.24) is 9.80 Å². The molecule has 3 aromatic rings.